The predicted octanol–water partition coefficient (Wildman–Crippen LogP) is 1.94. The van der Waals surface area contributed by atoms with Crippen molar-refractivity contribution in [2.75, 3.05) is 26.0 Å². The van der Waals surface area contributed by atoms with E-state index in [9.17, 15) is 14.0 Å². The van der Waals surface area contributed by atoms with Gasteiger partial charge in [0.1, 0.15) is 17.4 Å². The maximum absolute atomic E-state index is 12.9. The van der Waals surface area contributed by atoms with Crippen molar-refractivity contribution in [3.63, 3.8) is 0 Å². The van der Waals surface area contributed by atoms with Crippen LogP contribution in [0.1, 0.15) is 26.4 Å². The highest BCUT2D eigenvalue weighted by Gasteiger charge is 2.22. The Labute approximate surface area is 150 Å². The minimum absolute atomic E-state index is 0.189. The van der Waals surface area contributed by atoms with Crippen LogP contribution in [-0.2, 0) is 16.1 Å². The molecule has 0 aliphatic rings. The van der Waals surface area contributed by atoms with Crippen LogP contribution < -0.4 is 10.2 Å². The number of hydrogen-bond donors (Lipinski definition) is 2. The van der Waals surface area contributed by atoms with Gasteiger partial charge in [-0.2, -0.15) is 0 Å². The standard InChI is InChI=1S/C18H21FN2O3S/c1-11-12(2)25-17(16(11)18(23)24-4)20-15(22)10-21(3)9-13-5-7-14(19)8-6-13/h5-8H,9-10H2,1-4H3,(H,20,22)/p+1. The monoisotopic (exact) mass is 365 g/mol. The zero-order chi connectivity index (χ0) is 18.6. The molecular formula is C18H22FN2O3S+. The summed E-state index contributed by atoms with van der Waals surface area (Å²) in [6.07, 6.45) is 0. The third-order valence-corrected chi connectivity index (χ3v) is 5.03. The number of halogens is 1. The number of nitrogens with one attached hydrogen (secondary N) is 2. The van der Waals surface area contributed by atoms with Crippen LogP contribution in [0, 0.1) is 19.7 Å². The van der Waals surface area contributed by atoms with Crippen molar-refractivity contribution in [3.8, 4) is 0 Å². The van der Waals surface area contributed by atoms with Gasteiger partial charge in [-0.25, -0.2) is 9.18 Å². The molecule has 0 fully saturated rings. The molecule has 7 heteroatoms. The molecule has 134 valence electrons. The van der Waals surface area contributed by atoms with Gasteiger partial charge in [0.15, 0.2) is 6.54 Å². The first-order valence-corrected chi connectivity index (χ1v) is 8.67. The van der Waals surface area contributed by atoms with E-state index in [1.807, 2.05) is 20.9 Å². The van der Waals surface area contributed by atoms with Crippen molar-refractivity contribution in [2.45, 2.75) is 20.4 Å². The SMILES string of the molecule is COC(=O)c1c(NC(=O)C[NH+](C)Cc2ccc(F)cc2)sc(C)c1C. The molecule has 2 aromatic rings. The Kier molecular flexibility index (Phi) is 6.27. The number of aryl methyl sites for hydroxylation is 1. The molecule has 2 N–H and O–H groups in total. The molecule has 1 amide bonds. The Morgan fingerprint density at radius 3 is 2.48 bits per heavy atom. The fourth-order valence-electron chi connectivity index (χ4n) is 2.52. The van der Waals surface area contributed by atoms with E-state index in [4.69, 9.17) is 4.74 Å². The first kappa shape index (κ1) is 19.1. The molecule has 0 aliphatic carbocycles. The molecule has 1 aromatic carbocycles. The van der Waals surface area contributed by atoms with Gasteiger partial charge in [0.2, 0.25) is 0 Å². The largest absolute Gasteiger partial charge is 0.465 e. The molecule has 0 aliphatic heterocycles. The van der Waals surface area contributed by atoms with Crippen molar-refractivity contribution in [1.82, 2.24) is 0 Å². The number of anilines is 1. The average Bonchev–Trinajstić information content (AvgIpc) is 2.82. The van der Waals surface area contributed by atoms with Crippen LogP contribution in [0.15, 0.2) is 24.3 Å². The Morgan fingerprint density at radius 2 is 1.88 bits per heavy atom. The minimum Gasteiger partial charge on any atom is -0.465 e. The number of thiophene rings is 1. The average molecular weight is 365 g/mol. The summed E-state index contributed by atoms with van der Waals surface area (Å²) < 4.78 is 17.7. The number of benzene rings is 1. The van der Waals surface area contributed by atoms with Gasteiger partial charge in [-0.1, -0.05) is 12.1 Å². The van der Waals surface area contributed by atoms with Gasteiger partial charge in [-0.05, 0) is 31.5 Å². The number of esters is 1. The van der Waals surface area contributed by atoms with E-state index in [2.05, 4.69) is 5.32 Å². The van der Waals surface area contributed by atoms with Gasteiger partial charge < -0.3 is 15.0 Å². The summed E-state index contributed by atoms with van der Waals surface area (Å²) in [6.45, 7) is 4.56. The fraction of sp³-hybridized carbons (Fsp3) is 0.333. The second-order valence-corrected chi connectivity index (χ2v) is 7.19. The van der Waals surface area contributed by atoms with Crippen molar-refractivity contribution in [2.24, 2.45) is 0 Å². The van der Waals surface area contributed by atoms with Crippen LogP contribution in [-0.4, -0.2) is 32.6 Å². The Hall–Kier alpha value is -2.25. The lowest BCUT2D eigenvalue weighted by atomic mass is 10.1. The number of hydrogen-bond acceptors (Lipinski definition) is 4. The van der Waals surface area contributed by atoms with Gasteiger partial charge in [0.05, 0.1) is 19.7 Å². The summed E-state index contributed by atoms with van der Waals surface area (Å²) in [5.41, 5.74) is 2.18. The Morgan fingerprint density at radius 1 is 1.24 bits per heavy atom. The number of ether oxygens (including phenoxy) is 1. The van der Waals surface area contributed by atoms with E-state index in [1.165, 1.54) is 30.6 Å². The molecule has 5 nitrogen and oxygen atoms in total. The van der Waals surface area contributed by atoms with E-state index in [-0.39, 0.29) is 18.3 Å². The molecule has 1 aromatic heterocycles. The summed E-state index contributed by atoms with van der Waals surface area (Å²) in [5.74, 6) is -0.923. The number of carbonyl (C=O) groups is 2. The Balaban J connectivity index is 2.01. The third kappa shape index (κ3) is 4.87. The highest BCUT2D eigenvalue weighted by atomic mass is 32.1. The molecule has 1 heterocycles. The Bertz CT molecular complexity index is 771. The summed E-state index contributed by atoms with van der Waals surface area (Å²) >= 11 is 1.36. The van der Waals surface area contributed by atoms with Crippen LogP contribution in [0.5, 0.6) is 0 Å². The van der Waals surface area contributed by atoms with Gasteiger partial charge >= 0.3 is 5.97 Å². The topological polar surface area (TPSA) is 59.8 Å². The van der Waals surface area contributed by atoms with E-state index in [0.29, 0.717) is 17.1 Å². The zero-order valence-electron chi connectivity index (χ0n) is 14.7. The second-order valence-electron chi connectivity index (χ2n) is 5.96. The second kappa shape index (κ2) is 8.22. The number of rotatable bonds is 6. The molecule has 25 heavy (non-hydrogen) atoms. The lowest BCUT2D eigenvalue weighted by molar-refractivity contribution is -0.885. The summed E-state index contributed by atoms with van der Waals surface area (Å²) in [7, 11) is 3.20. The fourth-order valence-corrected chi connectivity index (χ4v) is 3.59. The zero-order valence-corrected chi connectivity index (χ0v) is 15.6. The minimum atomic E-state index is -0.454. The number of carbonyl (C=O) groups excluding carboxylic acids is 2. The van der Waals surface area contributed by atoms with Gasteiger partial charge in [0.25, 0.3) is 5.91 Å². The van der Waals surface area contributed by atoms with Crippen molar-refractivity contribution in [3.05, 3.63) is 51.7 Å². The molecule has 0 bridgehead atoms. The van der Waals surface area contributed by atoms with Gasteiger partial charge in [-0.15, -0.1) is 11.3 Å². The summed E-state index contributed by atoms with van der Waals surface area (Å²) in [6, 6.07) is 6.22. The van der Waals surface area contributed by atoms with E-state index in [1.54, 1.807) is 12.1 Å². The first-order valence-electron chi connectivity index (χ1n) is 7.85. The molecule has 0 spiro atoms. The normalized spacial score (nSPS) is 11.9. The number of amides is 1. The van der Waals surface area contributed by atoms with E-state index in [0.717, 1.165) is 20.9 Å². The smallest absolute Gasteiger partial charge is 0.341 e. The first-order chi connectivity index (χ1) is 11.8. The summed E-state index contributed by atoms with van der Waals surface area (Å²) in [5, 5.41) is 3.33. The molecule has 0 saturated heterocycles. The van der Waals surface area contributed by atoms with Crippen LogP contribution in [0.4, 0.5) is 9.39 Å². The molecule has 0 saturated carbocycles. The van der Waals surface area contributed by atoms with Crippen molar-refractivity contribution < 1.29 is 23.6 Å². The molecule has 1 unspecified atom stereocenters. The van der Waals surface area contributed by atoms with Crippen LogP contribution in [0.25, 0.3) is 0 Å². The van der Waals surface area contributed by atoms with E-state index >= 15 is 0 Å². The van der Waals surface area contributed by atoms with Crippen LogP contribution in [0.3, 0.4) is 0 Å². The highest BCUT2D eigenvalue weighted by molar-refractivity contribution is 7.16. The number of quaternary nitrogens is 1. The maximum Gasteiger partial charge on any atom is 0.341 e. The lowest BCUT2D eigenvalue weighted by Crippen LogP contribution is -3.08. The lowest BCUT2D eigenvalue weighted by Gasteiger charge is -2.14. The van der Waals surface area contributed by atoms with Crippen molar-refractivity contribution >= 4 is 28.2 Å². The number of methoxy groups -OCH3 is 1. The highest BCUT2D eigenvalue weighted by Crippen LogP contribution is 2.32. The predicted molar refractivity (Wildman–Crippen MR) is 95.6 cm³/mol. The molecule has 2 rings (SSSR count). The number of likely N-dealkylation sites (N-methyl/N-ethyl adjacent to an activating group) is 1. The van der Waals surface area contributed by atoms with E-state index < -0.39 is 5.97 Å². The molecule has 0 radical (unpaired) electrons. The van der Waals surface area contributed by atoms with Gasteiger partial charge in [-0.3, -0.25) is 4.79 Å². The maximum atomic E-state index is 12.9. The van der Waals surface area contributed by atoms with Crippen LogP contribution >= 0.6 is 11.3 Å². The quantitative estimate of drug-likeness (QED) is 0.769. The third-order valence-electron chi connectivity index (χ3n) is 3.91. The van der Waals surface area contributed by atoms with Gasteiger partial charge in [0, 0.05) is 10.4 Å². The molecular weight excluding hydrogens is 343 g/mol. The summed E-state index contributed by atoms with van der Waals surface area (Å²) in [4.78, 5) is 26.2. The van der Waals surface area contributed by atoms with Crippen molar-refractivity contribution in [1.29, 1.82) is 0 Å². The van der Waals surface area contributed by atoms with Crippen LogP contribution in [0.2, 0.25) is 0 Å². The molecule has 1 atom stereocenters.